The van der Waals surface area contributed by atoms with Crippen molar-refractivity contribution in [3.8, 4) is 0 Å². The molecule has 1 aliphatic heterocycles. The third-order valence-electron chi connectivity index (χ3n) is 1.36. The average Bonchev–Trinajstić information content (AvgIpc) is 1.95. The molecule has 0 aliphatic carbocycles. The molecule has 1 fully saturated rings. The summed E-state index contributed by atoms with van der Waals surface area (Å²) >= 11 is 6.52. The maximum Gasteiger partial charge on any atom is 0.242 e. The Labute approximate surface area is 75.3 Å². The van der Waals surface area contributed by atoms with E-state index in [4.69, 9.17) is 12.2 Å². The Morgan fingerprint density at radius 3 is 3.18 bits per heavy atom. The Bertz CT molecular complexity index is 183. The molecule has 3 nitrogen and oxygen atoms in total. The van der Waals surface area contributed by atoms with Crippen LogP contribution in [0, 0.1) is 0 Å². The van der Waals surface area contributed by atoms with E-state index in [1.165, 1.54) is 0 Å². The van der Waals surface area contributed by atoms with E-state index in [0.717, 1.165) is 5.75 Å². The summed E-state index contributed by atoms with van der Waals surface area (Å²) in [4.78, 5) is 11.1. The van der Waals surface area contributed by atoms with Gasteiger partial charge in [-0.05, 0) is 6.92 Å². The van der Waals surface area contributed by atoms with Gasteiger partial charge in [-0.15, -0.1) is 0 Å². The number of hydrogen-bond donors (Lipinski definition) is 2. The molecular weight excluding hydrogens is 180 g/mol. The molecule has 0 bridgehead atoms. The summed E-state index contributed by atoms with van der Waals surface area (Å²) in [6.07, 6.45) is 0. The van der Waals surface area contributed by atoms with E-state index in [2.05, 4.69) is 10.6 Å². The Kier molecular flexibility index (Phi) is 3.14. The first-order chi connectivity index (χ1) is 5.20. The van der Waals surface area contributed by atoms with Gasteiger partial charge in [0.1, 0.15) is 10.4 Å². The van der Waals surface area contributed by atoms with Gasteiger partial charge in [0, 0.05) is 12.3 Å². The number of amides is 1. The molecule has 0 aromatic heterocycles. The molecule has 2 N–H and O–H groups in total. The molecular formula is C6H10N2OS2. The lowest BCUT2D eigenvalue weighted by atomic mass is 10.3. The van der Waals surface area contributed by atoms with E-state index in [0.29, 0.717) is 10.9 Å². The van der Waals surface area contributed by atoms with Gasteiger partial charge in [-0.1, -0.05) is 24.0 Å². The molecule has 0 spiro atoms. The Morgan fingerprint density at radius 2 is 2.45 bits per heavy atom. The number of nitrogens with one attached hydrogen (secondary N) is 2. The topological polar surface area (TPSA) is 41.1 Å². The number of rotatable bonds is 0. The zero-order valence-electron chi connectivity index (χ0n) is 6.22. The predicted molar refractivity (Wildman–Crippen MR) is 50.7 cm³/mol. The molecule has 1 atom stereocenters. The standard InChI is InChI=1S/C6H10N2OS2/c1-4-5(9)7-2-3-11-6(10)8-4/h4H,2-3H2,1H3,(H,7,9)(H,8,10). The van der Waals surface area contributed by atoms with E-state index in [1.807, 2.05) is 0 Å². The first-order valence-corrected chi connectivity index (χ1v) is 4.80. The van der Waals surface area contributed by atoms with Gasteiger partial charge in [0.25, 0.3) is 0 Å². The summed E-state index contributed by atoms with van der Waals surface area (Å²) in [7, 11) is 0. The summed E-state index contributed by atoms with van der Waals surface area (Å²) in [5.74, 6) is 0.872. The van der Waals surface area contributed by atoms with Crippen LogP contribution in [-0.4, -0.2) is 28.6 Å². The van der Waals surface area contributed by atoms with Gasteiger partial charge in [0.2, 0.25) is 5.91 Å². The fraction of sp³-hybridized carbons (Fsp3) is 0.667. The van der Waals surface area contributed by atoms with Gasteiger partial charge in [0.05, 0.1) is 0 Å². The first kappa shape index (κ1) is 8.80. The van der Waals surface area contributed by atoms with Crippen LogP contribution >= 0.6 is 24.0 Å². The maximum absolute atomic E-state index is 11.1. The van der Waals surface area contributed by atoms with Gasteiger partial charge < -0.3 is 10.6 Å². The minimum absolute atomic E-state index is 0.0210. The van der Waals surface area contributed by atoms with Gasteiger partial charge in [-0.2, -0.15) is 0 Å². The second-order valence-electron chi connectivity index (χ2n) is 2.29. The van der Waals surface area contributed by atoms with Crippen LogP contribution in [0.15, 0.2) is 0 Å². The number of thioether (sulfide) groups is 1. The highest BCUT2D eigenvalue weighted by atomic mass is 32.2. The lowest BCUT2D eigenvalue weighted by molar-refractivity contribution is -0.122. The molecule has 1 aliphatic rings. The lowest BCUT2D eigenvalue weighted by Crippen LogP contribution is -2.46. The zero-order valence-corrected chi connectivity index (χ0v) is 7.85. The van der Waals surface area contributed by atoms with E-state index in [1.54, 1.807) is 18.7 Å². The fourth-order valence-electron chi connectivity index (χ4n) is 0.755. The van der Waals surface area contributed by atoms with Crippen LogP contribution < -0.4 is 10.6 Å². The molecule has 0 aromatic carbocycles. The van der Waals surface area contributed by atoms with Gasteiger partial charge >= 0.3 is 0 Å². The van der Waals surface area contributed by atoms with Crippen LogP contribution in [0.5, 0.6) is 0 Å². The normalized spacial score (nSPS) is 26.5. The highest BCUT2D eigenvalue weighted by molar-refractivity contribution is 8.23. The number of hydrogen-bond acceptors (Lipinski definition) is 3. The smallest absolute Gasteiger partial charge is 0.242 e. The Hall–Kier alpha value is -0.290. The lowest BCUT2D eigenvalue weighted by Gasteiger charge is -2.18. The molecule has 1 heterocycles. The molecule has 1 unspecified atom stereocenters. The minimum Gasteiger partial charge on any atom is -0.360 e. The highest BCUT2D eigenvalue weighted by Gasteiger charge is 2.15. The minimum atomic E-state index is -0.199. The summed E-state index contributed by atoms with van der Waals surface area (Å²) in [5.41, 5.74) is 0. The largest absolute Gasteiger partial charge is 0.360 e. The second kappa shape index (κ2) is 3.92. The van der Waals surface area contributed by atoms with Crippen molar-refractivity contribution in [3.05, 3.63) is 0 Å². The van der Waals surface area contributed by atoms with Crippen molar-refractivity contribution < 1.29 is 4.79 Å². The van der Waals surface area contributed by atoms with Crippen molar-refractivity contribution in [2.24, 2.45) is 0 Å². The van der Waals surface area contributed by atoms with Crippen LogP contribution in [0.1, 0.15) is 6.92 Å². The van der Waals surface area contributed by atoms with Crippen LogP contribution in [0.4, 0.5) is 0 Å². The van der Waals surface area contributed by atoms with Crippen LogP contribution in [0.25, 0.3) is 0 Å². The molecule has 1 amide bonds. The fourth-order valence-corrected chi connectivity index (χ4v) is 1.83. The number of carbonyl (C=O) groups is 1. The van der Waals surface area contributed by atoms with E-state index < -0.39 is 0 Å². The molecule has 1 rings (SSSR count). The van der Waals surface area contributed by atoms with Crippen molar-refractivity contribution >= 4 is 34.2 Å². The average molecular weight is 190 g/mol. The van der Waals surface area contributed by atoms with Crippen molar-refractivity contribution in [1.82, 2.24) is 10.6 Å². The van der Waals surface area contributed by atoms with Crippen LogP contribution in [-0.2, 0) is 4.79 Å². The van der Waals surface area contributed by atoms with Crippen molar-refractivity contribution in [3.63, 3.8) is 0 Å². The van der Waals surface area contributed by atoms with Crippen molar-refractivity contribution in [2.75, 3.05) is 12.3 Å². The van der Waals surface area contributed by atoms with E-state index >= 15 is 0 Å². The number of carbonyl (C=O) groups excluding carboxylic acids is 1. The molecule has 62 valence electrons. The zero-order chi connectivity index (χ0) is 8.27. The van der Waals surface area contributed by atoms with Crippen LogP contribution in [0.2, 0.25) is 0 Å². The number of thiocarbonyl (C=S) groups is 1. The molecule has 5 heteroatoms. The predicted octanol–water partition coefficient (Wildman–Crippen LogP) is 0.112. The quantitative estimate of drug-likeness (QED) is 0.532. The van der Waals surface area contributed by atoms with Crippen molar-refractivity contribution in [2.45, 2.75) is 13.0 Å². The molecule has 0 saturated carbocycles. The summed E-state index contributed by atoms with van der Waals surface area (Å²) in [6.45, 7) is 2.50. The maximum atomic E-state index is 11.1. The monoisotopic (exact) mass is 190 g/mol. The summed E-state index contributed by atoms with van der Waals surface area (Å²) < 4.78 is 0.715. The molecule has 11 heavy (non-hydrogen) atoms. The third-order valence-corrected chi connectivity index (χ3v) is 2.62. The summed E-state index contributed by atoms with van der Waals surface area (Å²) in [5, 5.41) is 5.69. The first-order valence-electron chi connectivity index (χ1n) is 3.41. The SMILES string of the molecule is CC1NC(=S)SCCNC1=O. The summed E-state index contributed by atoms with van der Waals surface area (Å²) in [6, 6.07) is -0.199. The molecule has 1 saturated heterocycles. The Morgan fingerprint density at radius 1 is 1.73 bits per heavy atom. The second-order valence-corrected chi connectivity index (χ2v) is 4.06. The highest BCUT2D eigenvalue weighted by Crippen LogP contribution is 2.03. The van der Waals surface area contributed by atoms with E-state index in [9.17, 15) is 4.79 Å². The Balaban J connectivity index is 2.51. The van der Waals surface area contributed by atoms with Gasteiger partial charge in [0.15, 0.2) is 0 Å². The molecule has 0 radical (unpaired) electrons. The van der Waals surface area contributed by atoms with Crippen LogP contribution in [0.3, 0.4) is 0 Å². The molecule has 0 aromatic rings. The van der Waals surface area contributed by atoms with Gasteiger partial charge in [-0.25, -0.2) is 0 Å². The van der Waals surface area contributed by atoms with E-state index in [-0.39, 0.29) is 11.9 Å². The van der Waals surface area contributed by atoms with Crippen molar-refractivity contribution in [1.29, 1.82) is 0 Å². The third kappa shape index (κ3) is 2.67. The van der Waals surface area contributed by atoms with Gasteiger partial charge in [-0.3, -0.25) is 4.79 Å².